The summed E-state index contributed by atoms with van der Waals surface area (Å²) in [7, 11) is -6.45. The summed E-state index contributed by atoms with van der Waals surface area (Å²) >= 11 is 0. The van der Waals surface area contributed by atoms with Crippen molar-refractivity contribution in [1.29, 1.82) is 0 Å². The molecule has 150 valence electrons. The lowest BCUT2D eigenvalue weighted by Crippen LogP contribution is -2.54. The highest BCUT2D eigenvalue weighted by atomic mass is 32.2. The molecule has 7 nitrogen and oxygen atoms in total. The van der Waals surface area contributed by atoms with Gasteiger partial charge in [0.1, 0.15) is 5.75 Å². The molecule has 0 atom stereocenters. The zero-order valence-corrected chi connectivity index (χ0v) is 12.7. The predicted octanol–water partition coefficient (Wildman–Crippen LogP) is 2.60. The quantitative estimate of drug-likeness (QED) is 0.372. The van der Waals surface area contributed by atoms with Gasteiger partial charge in [-0.1, -0.05) is 18.2 Å². The summed E-state index contributed by atoms with van der Waals surface area (Å²) < 4.78 is 137. The maximum absolute atomic E-state index is 13.2. The number of hydrogen-bond donors (Lipinski definition) is 1. The van der Waals surface area contributed by atoms with E-state index in [1.54, 1.807) is 0 Å². The SMILES string of the molecule is NOS(=O)(=O)C(F)(F)OC(F)(F)C(F)(F)OC(F)(F)Oc1ccccc1. The van der Waals surface area contributed by atoms with Crippen LogP contribution >= 0.6 is 0 Å². The van der Waals surface area contributed by atoms with Crippen molar-refractivity contribution in [3.05, 3.63) is 30.3 Å². The molecule has 0 unspecified atom stereocenters. The molecule has 0 aromatic heterocycles. The molecule has 26 heavy (non-hydrogen) atoms. The van der Waals surface area contributed by atoms with Crippen molar-refractivity contribution < 1.29 is 62.0 Å². The Morgan fingerprint density at radius 3 is 1.73 bits per heavy atom. The number of para-hydroxylation sites is 1. The zero-order valence-electron chi connectivity index (χ0n) is 11.8. The van der Waals surface area contributed by atoms with Crippen molar-refractivity contribution >= 4 is 10.1 Å². The van der Waals surface area contributed by atoms with Crippen LogP contribution in [0.4, 0.5) is 35.1 Å². The summed E-state index contributed by atoms with van der Waals surface area (Å²) in [4.78, 5) is 0. The molecular weight excluding hydrogens is 414 g/mol. The van der Waals surface area contributed by atoms with Crippen LogP contribution in [-0.2, 0) is 23.9 Å². The van der Waals surface area contributed by atoms with Crippen LogP contribution in [0.3, 0.4) is 0 Å². The number of hydrogen-bond acceptors (Lipinski definition) is 7. The van der Waals surface area contributed by atoms with E-state index in [0.717, 1.165) is 24.3 Å². The molecule has 0 radical (unpaired) electrons. The molecule has 0 spiro atoms. The second-order valence-electron chi connectivity index (χ2n) is 4.13. The van der Waals surface area contributed by atoms with E-state index < -0.39 is 39.8 Å². The summed E-state index contributed by atoms with van der Waals surface area (Å²) in [5.74, 6) is 3.04. The van der Waals surface area contributed by atoms with Crippen LogP contribution in [0.25, 0.3) is 0 Å². The summed E-state index contributed by atoms with van der Waals surface area (Å²) in [5, 5.41) is 0. The van der Waals surface area contributed by atoms with Crippen LogP contribution in [0.15, 0.2) is 30.3 Å². The van der Waals surface area contributed by atoms with Gasteiger partial charge in [-0.05, 0) is 12.1 Å². The smallest absolute Gasteiger partial charge is 0.409 e. The van der Waals surface area contributed by atoms with Gasteiger partial charge in [0, 0.05) is 0 Å². The molecular formula is C10H7F8NO6S. The van der Waals surface area contributed by atoms with E-state index >= 15 is 0 Å². The highest BCUT2D eigenvalue weighted by Gasteiger charge is 2.70. The molecule has 0 fully saturated rings. The molecule has 0 aliphatic carbocycles. The van der Waals surface area contributed by atoms with Gasteiger partial charge in [0.25, 0.3) is 0 Å². The van der Waals surface area contributed by atoms with E-state index in [4.69, 9.17) is 0 Å². The van der Waals surface area contributed by atoms with Gasteiger partial charge in [0.05, 0.1) is 0 Å². The Kier molecular flexibility index (Phi) is 6.09. The lowest BCUT2D eigenvalue weighted by atomic mass is 10.3. The van der Waals surface area contributed by atoms with Gasteiger partial charge in [0.2, 0.25) is 0 Å². The fourth-order valence-corrected chi connectivity index (χ4v) is 1.49. The van der Waals surface area contributed by atoms with Gasteiger partial charge in [-0.25, -0.2) is 9.47 Å². The highest BCUT2D eigenvalue weighted by molar-refractivity contribution is 7.87. The van der Waals surface area contributed by atoms with E-state index in [2.05, 4.69) is 24.4 Å². The number of ether oxygens (including phenoxy) is 3. The predicted molar refractivity (Wildman–Crippen MR) is 63.2 cm³/mol. The first-order chi connectivity index (χ1) is 11.6. The Balaban J connectivity index is 2.99. The Bertz CT molecular complexity index is 713. The van der Waals surface area contributed by atoms with Gasteiger partial charge < -0.3 is 4.74 Å². The van der Waals surface area contributed by atoms with Crippen molar-refractivity contribution in [2.24, 2.45) is 5.90 Å². The molecule has 0 aliphatic rings. The number of benzene rings is 1. The minimum absolute atomic E-state index is 0.795. The summed E-state index contributed by atoms with van der Waals surface area (Å²) in [5.41, 5.74) is -6.15. The zero-order chi connectivity index (χ0) is 20.4. The first-order valence-electron chi connectivity index (χ1n) is 5.84. The average Bonchev–Trinajstić information content (AvgIpc) is 2.45. The maximum atomic E-state index is 13.2. The lowest BCUT2D eigenvalue weighted by molar-refractivity contribution is -0.528. The van der Waals surface area contributed by atoms with E-state index in [-0.39, 0.29) is 0 Å². The first-order valence-corrected chi connectivity index (χ1v) is 7.25. The van der Waals surface area contributed by atoms with Crippen molar-refractivity contribution in [3.63, 3.8) is 0 Å². The van der Waals surface area contributed by atoms with Crippen molar-refractivity contribution in [1.82, 2.24) is 0 Å². The van der Waals surface area contributed by atoms with E-state index in [1.807, 2.05) is 0 Å². The lowest BCUT2D eigenvalue weighted by Gasteiger charge is -2.30. The molecule has 0 saturated heterocycles. The van der Waals surface area contributed by atoms with Crippen molar-refractivity contribution in [2.75, 3.05) is 0 Å². The topological polar surface area (TPSA) is 97.1 Å². The largest absolute Gasteiger partial charge is 0.540 e. The fourth-order valence-electron chi connectivity index (χ4n) is 1.17. The molecule has 16 heteroatoms. The van der Waals surface area contributed by atoms with Crippen LogP contribution in [0.2, 0.25) is 0 Å². The van der Waals surface area contributed by atoms with Gasteiger partial charge >= 0.3 is 34.1 Å². The van der Waals surface area contributed by atoms with E-state index in [0.29, 0.717) is 0 Å². The van der Waals surface area contributed by atoms with Crippen LogP contribution in [0.1, 0.15) is 0 Å². The second kappa shape index (κ2) is 7.10. The van der Waals surface area contributed by atoms with Gasteiger partial charge in [0.15, 0.2) is 0 Å². The minimum atomic E-state index is -6.59. The second-order valence-corrected chi connectivity index (χ2v) is 5.71. The van der Waals surface area contributed by atoms with Crippen molar-refractivity contribution in [2.45, 2.75) is 24.0 Å². The molecule has 0 saturated carbocycles. The Morgan fingerprint density at radius 2 is 1.27 bits per heavy atom. The number of rotatable bonds is 9. The molecule has 0 heterocycles. The molecule has 1 aromatic carbocycles. The monoisotopic (exact) mass is 421 g/mol. The third-order valence-electron chi connectivity index (χ3n) is 2.23. The molecule has 1 rings (SSSR count). The number of halogens is 8. The minimum Gasteiger partial charge on any atom is -0.409 e. The van der Waals surface area contributed by atoms with Gasteiger partial charge in [-0.2, -0.15) is 44.9 Å². The number of alkyl halides is 8. The van der Waals surface area contributed by atoms with E-state index in [1.165, 1.54) is 6.07 Å². The Morgan fingerprint density at radius 1 is 0.808 bits per heavy atom. The summed E-state index contributed by atoms with van der Waals surface area (Å²) in [6, 6.07) is 5.08. The van der Waals surface area contributed by atoms with Gasteiger partial charge in [-0.3, -0.25) is 0 Å². The Hall–Kier alpha value is -1.75. The van der Waals surface area contributed by atoms with Crippen molar-refractivity contribution in [3.8, 4) is 5.75 Å². The van der Waals surface area contributed by atoms with Crippen LogP contribution < -0.4 is 10.6 Å². The van der Waals surface area contributed by atoms with Gasteiger partial charge in [-0.15, -0.1) is 8.78 Å². The summed E-state index contributed by atoms with van der Waals surface area (Å²) in [6.07, 6.45) is -18.5. The van der Waals surface area contributed by atoms with Crippen LogP contribution in [0.5, 0.6) is 5.75 Å². The molecule has 1 aromatic rings. The van der Waals surface area contributed by atoms with E-state index in [9.17, 15) is 43.5 Å². The third-order valence-corrected chi connectivity index (χ3v) is 3.15. The Labute approximate surface area is 139 Å². The van der Waals surface area contributed by atoms with Crippen LogP contribution in [-0.4, -0.2) is 32.4 Å². The maximum Gasteiger partial charge on any atom is 0.540 e. The summed E-state index contributed by atoms with van der Waals surface area (Å²) in [6.45, 7) is 0. The third kappa shape index (κ3) is 5.13. The first kappa shape index (κ1) is 22.3. The highest BCUT2D eigenvalue weighted by Crippen LogP contribution is 2.44. The number of nitrogens with two attached hydrogens (primary N) is 1. The molecule has 0 bridgehead atoms. The molecule has 0 aliphatic heterocycles. The fraction of sp³-hybridized carbons (Fsp3) is 0.400. The normalized spacial score (nSPS) is 14.3. The molecule has 0 amide bonds. The van der Waals surface area contributed by atoms with Crippen LogP contribution in [0, 0.1) is 0 Å². The molecule has 2 N–H and O–H groups in total. The standard InChI is InChI=1S/C10H7F8NO6S/c11-7(12,8(13,14)24-10(17,18)26(20,21)25-19)23-9(15,16)22-6-4-2-1-3-5-6/h1-5H,19H2. The average molecular weight is 421 g/mol.